The highest BCUT2D eigenvalue weighted by molar-refractivity contribution is 5.91. The van der Waals surface area contributed by atoms with E-state index in [9.17, 15) is 9.59 Å². The van der Waals surface area contributed by atoms with E-state index in [0.29, 0.717) is 0 Å². The van der Waals surface area contributed by atoms with Gasteiger partial charge in [-0.1, -0.05) is 0 Å². The van der Waals surface area contributed by atoms with Gasteiger partial charge < -0.3 is 10.0 Å². The van der Waals surface area contributed by atoms with Gasteiger partial charge in [-0.3, -0.25) is 14.3 Å². The summed E-state index contributed by atoms with van der Waals surface area (Å²) in [6.07, 6.45) is 6.41. The van der Waals surface area contributed by atoms with Gasteiger partial charge in [0, 0.05) is 38.5 Å². The van der Waals surface area contributed by atoms with Gasteiger partial charge in [-0.2, -0.15) is 5.10 Å². The maximum Gasteiger partial charge on any atom is 0.305 e. The third kappa shape index (κ3) is 4.50. The molecule has 6 heteroatoms. The Morgan fingerprint density at radius 2 is 2.29 bits per heavy atom. The van der Waals surface area contributed by atoms with Crippen molar-refractivity contribution >= 4 is 18.0 Å². The molecule has 0 aromatic carbocycles. The van der Waals surface area contributed by atoms with Crippen LogP contribution in [0.15, 0.2) is 18.5 Å². The quantitative estimate of drug-likeness (QED) is 0.750. The van der Waals surface area contributed by atoms with Gasteiger partial charge in [-0.05, 0) is 6.08 Å². The number of hydrogen-bond donors (Lipinski definition) is 1. The lowest BCUT2D eigenvalue weighted by Crippen LogP contribution is -2.27. The Labute approximate surface area is 99.1 Å². The Morgan fingerprint density at radius 3 is 2.82 bits per heavy atom. The van der Waals surface area contributed by atoms with Crippen LogP contribution in [-0.2, 0) is 16.6 Å². The molecule has 1 heterocycles. The topological polar surface area (TPSA) is 75.4 Å². The molecule has 6 nitrogen and oxygen atoms in total. The number of likely N-dealkylation sites (N-methyl/N-ethyl adjacent to an activating group) is 1. The maximum absolute atomic E-state index is 11.6. The molecule has 0 radical (unpaired) electrons. The Kier molecular flexibility index (Phi) is 4.45. The van der Waals surface area contributed by atoms with Gasteiger partial charge in [0.15, 0.2) is 0 Å². The number of rotatable bonds is 5. The Hall–Kier alpha value is -2.11. The first kappa shape index (κ1) is 13.0. The van der Waals surface area contributed by atoms with Crippen molar-refractivity contribution in [1.29, 1.82) is 0 Å². The van der Waals surface area contributed by atoms with Gasteiger partial charge in [0.05, 0.1) is 12.6 Å². The Morgan fingerprint density at radius 1 is 1.59 bits per heavy atom. The summed E-state index contributed by atoms with van der Waals surface area (Å²) in [5, 5.41) is 12.4. The fourth-order valence-electron chi connectivity index (χ4n) is 1.19. The molecule has 0 aliphatic rings. The molecule has 0 bridgehead atoms. The summed E-state index contributed by atoms with van der Waals surface area (Å²) in [4.78, 5) is 23.3. The number of hydrogen-bond acceptors (Lipinski definition) is 3. The Balaban J connectivity index is 2.48. The minimum absolute atomic E-state index is 0.0526. The van der Waals surface area contributed by atoms with Gasteiger partial charge in [0.1, 0.15) is 0 Å². The van der Waals surface area contributed by atoms with Crippen molar-refractivity contribution in [2.75, 3.05) is 13.6 Å². The fraction of sp³-hybridized carbons (Fsp3) is 0.364. The summed E-state index contributed by atoms with van der Waals surface area (Å²) < 4.78 is 1.64. The van der Waals surface area contributed by atoms with E-state index in [1.807, 2.05) is 0 Å². The molecule has 1 rings (SSSR count). The summed E-state index contributed by atoms with van der Waals surface area (Å²) in [7, 11) is 3.36. The molecular formula is C11H15N3O3. The van der Waals surface area contributed by atoms with Crippen LogP contribution in [0.1, 0.15) is 12.0 Å². The summed E-state index contributed by atoms with van der Waals surface area (Å²) in [6.45, 7) is 0.200. The van der Waals surface area contributed by atoms with E-state index in [0.717, 1.165) is 5.56 Å². The smallest absolute Gasteiger partial charge is 0.305 e. The zero-order chi connectivity index (χ0) is 12.8. The van der Waals surface area contributed by atoms with Crippen LogP contribution in [0.3, 0.4) is 0 Å². The first-order valence-electron chi connectivity index (χ1n) is 5.12. The normalized spacial score (nSPS) is 10.7. The molecule has 1 aromatic rings. The van der Waals surface area contributed by atoms with Crippen molar-refractivity contribution in [3.05, 3.63) is 24.0 Å². The van der Waals surface area contributed by atoms with Crippen LogP contribution in [0.4, 0.5) is 0 Å². The zero-order valence-electron chi connectivity index (χ0n) is 9.83. The zero-order valence-corrected chi connectivity index (χ0v) is 9.83. The van der Waals surface area contributed by atoms with Crippen molar-refractivity contribution in [2.45, 2.75) is 6.42 Å². The van der Waals surface area contributed by atoms with E-state index < -0.39 is 5.97 Å². The minimum atomic E-state index is -0.916. The number of carbonyl (C=O) groups is 2. The first-order chi connectivity index (χ1) is 7.99. The van der Waals surface area contributed by atoms with Crippen LogP contribution in [0.2, 0.25) is 0 Å². The second kappa shape index (κ2) is 5.83. The van der Waals surface area contributed by atoms with Crippen LogP contribution < -0.4 is 0 Å². The molecule has 17 heavy (non-hydrogen) atoms. The third-order valence-corrected chi connectivity index (χ3v) is 2.18. The molecule has 0 aliphatic heterocycles. The monoisotopic (exact) mass is 237 g/mol. The molecule has 0 fully saturated rings. The van der Waals surface area contributed by atoms with Crippen LogP contribution >= 0.6 is 0 Å². The van der Waals surface area contributed by atoms with Crippen molar-refractivity contribution < 1.29 is 14.7 Å². The van der Waals surface area contributed by atoms with E-state index in [-0.39, 0.29) is 18.9 Å². The third-order valence-electron chi connectivity index (χ3n) is 2.18. The molecule has 1 aromatic heterocycles. The second-order valence-electron chi connectivity index (χ2n) is 3.68. The Bertz CT molecular complexity index is 437. The number of nitrogens with zero attached hydrogens (tertiary/aromatic N) is 3. The highest BCUT2D eigenvalue weighted by Crippen LogP contribution is 2.00. The molecule has 92 valence electrons. The maximum atomic E-state index is 11.6. The SMILES string of the molecule is CN(CCC(=O)O)C(=O)C=Cc1cnn(C)c1. The highest BCUT2D eigenvalue weighted by atomic mass is 16.4. The van der Waals surface area contributed by atoms with Crippen molar-refractivity contribution in [2.24, 2.45) is 7.05 Å². The summed E-state index contributed by atoms with van der Waals surface area (Å²) in [5.74, 6) is -1.14. The number of aromatic nitrogens is 2. The first-order valence-corrected chi connectivity index (χ1v) is 5.12. The van der Waals surface area contributed by atoms with Crippen molar-refractivity contribution in [1.82, 2.24) is 14.7 Å². The number of carboxylic acids is 1. The molecule has 0 spiro atoms. The number of carbonyl (C=O) groups excluding carboxylic acids is 1. The van der Waals surface area contributed by atoms with Crippen molar-refractivity contribution in [3.63, 3.8) is 0 Å². The summed E-state index contributed by atoms with van der Waals surface area (Å²) in [5.41, 5.74) is 0.826. The van der Waals surface area contributed by atoms with Gasteiger partial charge in [-0.25, -0.2) is 0 Å². The molecule has 0 unspecified atom stereocenters. The van der Waals surface area contributed by atoms with Crippen molar-refractivity contribution in [3.8, 4) is 0 Å². The average molecular weight is 237 g/mol. The van der Waals surface area contributed by atoms with Gasteiger partial charge in [0.2, 0.25) is 5.91 Å². The molecule has 0 atom stereocenters. The van der Waals surface area contributed by atoms with E-state index in [1.165, 1.54) is 11.0 Å². The van der Waals surface area contributed by atoms with E-state index in [2.05, 4.69) is 5.10 Å². The lowest BCUT2D eigenvalue weighted by Gasteiger charge is -2.12. The lowest BCUT2D eigenvalue weighted by atomic mass is 10.3. The number of amides is 1. The van der Waals surface area contributed by atoms with Gasteiger partial charge >= 0.3 is 5.97 Å². The number of aryl methyl sites for hydroxylation is 1. The largest absolute Gasteiger partial charge is 0.481 e. The molecule has 0 saturated carbocycles. The van der Waals surface area contributed by atoms with Gasteiger partial charge in [-0.15, -0.1) is 0 Å². The van der Waals surface area contributed by atoms with E-state index in [4.69, 9.17) is 5.11 Å². The van der Waals surface area contributed by atoms with Crippen LogP contribution in [0, 0.1) is 0 Å². The predicted octanol–water partition coefficient (Wildman–Crippen LogP) is 0.366. The lowest BCUT2D eigenvalue weighted by molar-refractivity contribution is -0.137. The minimum Gasteiger partial charge on any atom is -0.481 e. The van der Waals surface area contributed by atoms with Gasteiger partial charge in [0.25, 0.3) is 0 Å². The molecule has 0 saturated heterocycles. The summed E-state index contributed by atoms with van der Waals surface area (Å²) >= 11 is 0. The average Bonchev–Trinajstić information content (AvgIpc) is 2.68. The molecule has 1 amide bonds. The highest BCUT2D eigenvalue weighted by Gasteiger charge is 2.06. The second-order valence-corrected chi connectivity index (χ2v) is 3.68. The van der Waals surface area contributed by atoms with E-state index in [1.54, 1.807) is 37.2 Å². The fourth-order valence-corrected chi connectivity index (χ4v) is 1.19. The van der Waals surface area contributed by atoms with Crippen LogP contribution in [-0.4, -0.2) is 45.3 Å². The molecule has 0 aliphatic carbocycles. The molecule has 1 N–H and O–H groups in total. The molecular weight excluding hydrogens is 222 g/mol. The van der Waals surface area contributed by atoms with E-state index >= 15 is 0 Å². The predicted molar refractivity (Wildman–Crippen MR) is 62.1 cm³/mol. The summed E-state index contributed by atoms with van der Waals surface area (Å²) in [6, 6.07) is 0. The number of aliphatic carboxylic acids is 1. The van der Waals surface area contributed by atoms with Crippen LogP contribution in [0.25, 0.3) is 6.08 Å². The number of carboxylic acid groups (broad SMARTS) is 1. The standard InChI is InChI=1S/C11H15N3O3/c1-13(6-5-11(16)17)10(15)4-3-9-7-12-14(2)8-9/h3-4,7-8H,5-6H2,1-2H3,(H,16,17). The van der Waals surface area contributed by atoms with Crippen LogP contribution in [0.5, 0.6) is 0 Å².